The van der Waals surface area contributed by atoms with E-state index in [0.29, 0.717) is 29.7 Å². The fraction of sp³-hybridized carbons (Fsp3) is 0.407. The highest BCUT2D eigenvalue weighted by Gasteiger charge is 2.29. The average Bonchev–Trinajstić information content (AvgIpc) is 3.26. The first-order valence-corrected chi connectivity index (χ1v) is 14.1. The number of halogens is 4. The van der Waals surface area contributed by atoms with E-state index in [1.54, 1.807) is 12.1 Å². The summed E-state index contributed by atoms with van der Waals surface area (Å²) in [7, 11) is -0.192. The van der Waals surface area contributed by atoms with Crippen LogP contribution in [0.3, 0.4) is 0 Å². The van der Waals surface area contributed by atoms with E-state index in [1.165, 1.54) is 37.4 Å². The fourth-order valence-corrected chi connectivity index (χ4v) is 5.23. The van der Waals surface area contributed by atoms with Gasteiger partial charge in [0.2, 0.25) is 6.30 Å². The summed E-state index contributed by atoms with van der Waals surface area (Å²) in [5.41, 5.74) is 1.24. The number of likely N-dealkylation sites (tertiary alicyclic amines) is 1. The molecule has 0 saturated carbocycles. The van der Waals surface area contributed by atoms with Crippen molar-refractivity contribution in [3.63, 3.8) is 0 Å². The van der Waals surface area contributed by atoms with Crippen molar-refractivity contribution in [2.24, 2.45) is 0 Å². The molecule has 2 N–H and O–H groups in total. The van der Waals surface area contributed by atoms with Crippen molar-refractivity contribution in [2.45, 2.75) is 36.3 Å². The maximum Gasteiger partial charge on any atom is 0.288 e. The molecule has 0 spiro atoms. The zero-order valence-corrected chi connectivity index (χ0v) is 22.5. The minimum atomic E-state index is -3.43. The molecule has 4 rings (SSSR count). The molecule has 1 aliphatic heterocycles. The highest BCUT2D eigenvalue weighted by molar-refractivity contribution is 7.90. The second kappa shape index (κ2) is 11.8. The Morgan fingerprint density at radius 2 is 1.92 bits per heavy atom. The molecule has 0 amide bonds. The highest BCUT2D eigenvalue weighted by atomic mass is 32.2. The lowest BCUT2D eigenvalue weighted by Crippen LogP contribution is -2.46. The van der Waals surface area contributed by atoms with Gasteiger partial charge in [0.15, 0.2) is 9.84 Å². The molecule has 0 bridgehead atoms. The van der Waals surface area contributed by atoms with E-state index >= 15 is 0 Å². The van der Waals surface area contributed by atoms with Gasteiger partial charge in [0.1, 0.15) is 11.9 Å². The van der Waals surface area contributed by atoms with E-state index in [9.17, 15) is 26.0 Å². The number of anilines is 2. The highest BCUT2D eigenvalue weighted by Crippen LogP contribution is 2.34. The molecule has 210 valence electrons. The maximum atomic E-state index is 14.8. The number of fused-ring (bicyclic) bond motifs is 1. The zero-order chi connectivity index (χ0) is 28.3. The Labute approximate surface area is 225 Å². The van der Waals surface area contributed by atoms with Crippen molar-refractivity contribution in [1.82, 2.24) is 9.47 Å². The maximum absolute atomic E-state index is 14.8. The van der Waals surface area contributed by atoms with Crippen LogP contribution in [-0.2, 0) is 9.84 Å². The number of methoxy groups -OCH3 is 1. The summed E-state index contributed by atoms with van der Waals surface area (Å²) >= 11 is 0. The molecule has 2 aromatic carbocycles. The van der Waals surface area contributed by atoms with Gasteiger partial charge in [0.05, 0.1) is 41.5 Å². The number of sulfone groups is 1. The number of hydrogen-bond acceptors (Lipinski definition) is 6. The quantitative estimate of drug-likeness (QED) is 0.304. The van der Waals surface area contributed by atoms with Gasteiger partial charge < -0.3 is 20.3 Å². The van der Waals surface area contributed by atoms with Crippen molar-refractivity contribution in [3.05, 3.63) is 48.2 Å². The van der Waals surface area contributed by atoms with E-state index in [4.69, 9.17) is 4.74 Å². The minimum absolute atomic E-state index is 0.0337. The first-order valence-electron chi connectivity index (χ1n) is 12.3. The Morgan fingerprint density at radius 1 is 1.15 bits per heavy atom. The van der Waals surface area contributed by atoms with Crippen LogP contribution in [0.25, 0.3) is 10.9 Å². The second-order valence-corrected chi connectivity index (χ2v) is 11.5. The van der Waals surface area contributed by atoms with Crippen LogP contribution in [0.2, 0.25) is 0 Å². The second-order valence-electron chi connectivity index (χ2n) is 9.45. The lowest BCUT2D eigenvalue weighted by Gasteiger charge is -2.33. The zero-order valence-electron chi connectivity index (χ0n) is 21.7. The third-order valence-electron chi connectivity index (χ3n) is 6.61. The van der Waals surface area contributed by atoms with Gasteiger partial charge in [0.25, 0.3) is 6.43 Å². The van der Waals surface area contributed by atoms with Crippen molar-refractivity contribution in [2.75, 3.05) is 50.7 Å². The molecule has 7 nitrogen and oxygen atoms in total. The number of benzene rings is 2. The van der Waals surface area contributed by atoms with Crippen molar-refractivity contribution >= 4 is 32.1 Å². The standard InChI is InChI=1S/C27H30F4N4O3S/c1-34-13-11-22(20(28)16-34)33-21-7-4-8-24-19(21)14-17(35(24)27(31)26(29)30)6-5-12-32-23-10-9-18(39(3,36)37)15-25(23)38-2/h4,7-10,14-15,20,22,26-27,32-33H,11-13,16H2,1-3H3. The van der Waals surface area contributed by atoms with Crippen molar-refractivity contribution < 1.29 is 30.7 Å². The molecule has 1 aromatic heterocycles. The normalized spacial score (nSPS) is 19.0. The molecular weight excluding hydrogens is 536 g/mol. The SMILES string of the molecule is COc1cc(S(C)(=O)=O)ccc1NCC#Cc1cc2c(NC3CCN(C)CC3F)cccc2n1C(F)C(F)F. The predicted octanol–water partition coefficient (Wildman–Crippen LogP) is 4.70. The van der Waals surface area contributed by atoms with E-state index in [-0.39, 0.29) is 34.9 Å². The van der Waals surface area contributed by atoms with Crippen LogP contribution in [0, 0.1) is 11.8 Å². The lowest BCUT2D eigenvalue weighted by atomic mass is 10.0. The number of nitrogens with zero attached hydrogens (tertiary/aromatic N) is 2. The van der Waals surface area contributed by atoms with Gasteiger partial charge in [-0.05, 0) is 49.7 Å². The third kappa shape index (κ3) is 6.42. The van der Waals surface area contributed by atoms with E-state index in [2.05, 4.69) is 22.5 Å². The molecule has 1 saturated heterocycles. The molecular formula is C27H30F4N4O3S. The Balaban J connectivity index is 1.62. The molecule has 12 heteroatoms. The summed E-state index contributed by atoms with van der Waals surface area (Å²) < 4.78 is 86.1. The van der Waals surface area contributed by atoms with Crippen molar-refractivity contribution in [3.8, 4) is 17.6 Å². The first kappa shape index (κ1) is 28.6. The number of hydrogen-bond donors (Lipinski definition) is 2. The number of ether oxygens (including phenoxy) is 1. The smallest absolute Gasteiger partial charge is 0.288 e. The first-order chi connectivity index (χ1) is 18.5. The Kier molecular flexibility index (Phi) is 8.61. The largest absolute Gasteiger partial charge is 0.495 e. The molecule has 2 heterocycles. The van der Waals surface area contributed by atoms with Crippen LogP contribution in [0.15, 0.2) is 47.4 Å². The number of aromatic nitrogens is 1. The molecule has 3 atom stereocenters. The molecule has 39 heavy (non-hydrogen) atoms. The van der Waals surface area contributed by atoms with Crippen LogP contribution in [0.5, 0.6) is 5.75 Å². The summed E-state index contributed by atoms with van der Waals surface area (Å²) in [6, 6.07) is 10.2. The van der Waals surface area contributed by atoms with Gasteiger partial charge in [0, 0.05) is 36.5 Å². The van der Waals surface area contributed by atoms with Crippen LogP contribution >= 0.6 is 0 Å². The number of piperidine rings is 1. The molecule has 0 radical (unpaired) electrons. The van der Waals surface area contributed by atoms with Crippen LogP contribution in [-0.4, -0.2) is 76.6 Å². The van der Waals surface area contributed by atoms with Crippen LogP contribution in [0.4, 0.5) is 28.9 Å². The lowest BCUT2D eigenvalue weighted by molar-refractivity contribution is 0.0102. The average molecular weight is 567 g/mol. The summed E-state index contributed by atoms with van der Waals surface area (Å²) in [5, 5.41) is 6.63. The van der Waals surface area contributed by atoms with Gasteiger partial charge in [-0.2, -0.15) is 0 Å². The fourth-order valence-electron chi connectivity index (χ4n) is 4.59. The Morgan fingerprint density at radius 3 is 2.59 bits per heavy atom. The van der Waals surface area contributed by atoms with Gasteiger partial charge in [-0.1, -0.05) is 12.0 Å². The van der Waals surface area contributed by atoms with Crippen LogP contribution in [0.1, 0.15) is 18.4 Å². The van der Waals surface area contributed by atoms with Gasteiger partial charge in [-0.25, -0.2) is 26.0 Å². The summed E-state index contributed by atoms with van der Waals surface area (Å²) in [5.74, 6) is 5.84. The Bertz CT molecular complexity index is 1500. The van der Waals surface area contributed by atoms with Crippen molar-refractivity contribution in [1.29, 1.82) is 0 Å². The molecule has 1 fully saturated rings. The molecule has 3 unspecified atom stereocenters. The summed E-state index contributed by atoms with van der Waals surface area (Å²) in [6.45, 7) is 1.02. The number of alkyl halides is 4. The number of nitrogens with one attached hydrogen (secondary N) is 2. The third-order valence-corrected chi connectivity index (χ3v) is 7.72. The number of rotatable bonds is 8. The minimum Gasteiger partial charge on any atom is -0.495 e. The van der Waals surface area contributed by atoms with Crippen LogP contribution < -0.4 is 15.4 Å². The van der Waals surface area contributed by atoms with E-state index in [1.807, 2.05) is 11.9 Å². The van der Waals surface area contributed by atoms with E-state index < -0.39 is 34.8 Å². The molecule has 3 aromatic rings. The van der Waals surface area contributed by atoms with E-state index in [0.717, 1.165) is 10.8 Å². The van der Waals surface area contributed by atoms with Gasteiger partial charge in [-0.15, -0.1) is 0 Å². The van der Waals surface area contributed by atoms with Gasteiger partial charge >= 0.3 is 0 Å². The topological polar surface area (TPSA) is 75.6 Å². The van der Waals surface area contributed by atoms with Gasteiger partial charge in [-0.3, -0.25) is 4.57 Å². The predicted molar refractivity (Wildman–Crippen MR) is 144 cm³/mol. The molecule has 0 aliphatic carbocycles. The monoisotopic (exact) mass is 566 g/mol. The Hall–Kier alpha value is -3.43. The molecule has 1 aliphatic rings. The summed E-state index contributed by atoms with van der Waals surface area (Å²) in [4.78, 5) is 1.98. The summed E-state index contributed by atoms with van der Waals surface area (Å²) in [6.07, 6.45) is -5.38.